The molecule has 28 heavy (non-hydrogen) atoms. The van der Waals surface area contributed by atoms with Crippen molar-refractivity contribution in [1.29, 1.82) is 0 Å². The molecule has 1 aromatic heterocycles. The Bertz CT molecular complexity index is 930. The quantitative estimate of drug-likeness (QED) is 0.546. The van der Waals surface area contributed by atoms with Gasteiger partial charge in [0.2, 0.25) is 5.13 Å². The highest BCUT2D eigenvalue weighted by Crippen LogP contribution is 2.34. The van der Waals surface area contributed by atoms with E-state index in [1.165, 1.54) is 11.3 Å². The molecule has 0 N–H and O–H groups in total. The number of carbonyl (C=O) groups excluding carboxylic acids is 1. The van der Waals surface area contributed by atoms with Crippen LogP contribution in [0.4, 0.5) is 5.13 Å². The van der Waals surface area contributed by atoms with Gasteiger partial charge in [-0.2, -0.15) is 0 Å². The van der Waals surface area contributed by atoms with Gasteiger partial charge in [0.05, 0.1) is 7.11 Å². The summed E-state index contributed by atoms with van der Waals surface area (Å²) >= 11 is 1.44. The van der Waals surface area contributed by atoms with Crippen molar-refractivity contribution in [3.63, 3.8) is 0 Å². The van der Waals surface area contributed by atoms with Crippen LogP contribution in [0.15, 0.2) is 42.5 Å². The van der Waals surface area contributed by atoms with Crippen LogP contribution in [0.1, 0.15) is 41.3 Å². The van der Waals surface area contributed by atoms with Gasteiger partial charge in [0.1, 0.15) is 10.8 Å². The van der Waals surface area contributed by atoms with Crippen molar-refractivity contribution < 1.29 is 9.53 Å². The fourth-order valence-electron chi connectivity index (χ4n) is 3.17. The Kier molecular flexibility index (Phi) is 6.41. The third-order valence-corrected chi connectivity index (χ3v) is 5.55. The number of ether oxygens (including phenoxy) is 1. The molecule has 0 spiro atoms. The van der Waals surface area contributed by atoms with Gasteiger partial charge < -0.3 is 4.74 Å². The molecule has 0 fully saturated rings. The molecule has 0 bridgehead atoms. The summed E-state index contributed by atoms with van der Waals surface area (Å²) < 4.78 is 5.45. The second-order valence-corrected chi connectivity index (χ2v) is 7.67. The van der Waals surface area contributed by atoms with Crippen molar-refractivity contribution >= 4 is 22.4 Å². The van der Waals surface area contributed by atoms with Crippen LogP contribution in [0.2, 0.25) is 0 Å². The molecule has 1 amide bonds. The van der Waals surface area contributed by atoms with E-state index in [0.29, 0.717) is 17.2 Å². The average molecular weight is 396 g/mol. The zero-order chi connectivity index (χ0) is 20.1. The Morgan fingerprint density at radius 2 is 1.79 bits per heavy atom. The highest BCUT2D eigenvalue weighted by atomic mass is 32.1. The predicted molar refractivity (Wildman–Crippen MR) is 114 cm³/mol. The third-order valence-electron chi connectivity index (χ3n) is 4.56. The molecule has 0 radical (unpaired) electrons. The van der Waals surface area contributed by atoms with Gasteiger partial charge in [-0.3, -0.25) is 9.69 Å². The minimum Gasteiger partial charge on any atom is -0.496 e. The van der Waals surface area contributed by atoms with Crippen LogP contribution < -0.4 is 9.64 Å². The predicted octanol–water partition coefficient (Wildman–Crippen LogP) is 5.28. The lowest BCUT2D eigenvalue weighted by atomic mass is 10.1. The second kappa shape index (κ2) is 8.97. The van der Waals surface area contributed by atoms with Gasteiger partial charge in [-0.1, -0.05) is 42.9 Å². The van der Waals surface area contributed by atoms with Crippen LogP contribution >= 0.6 is 11.3 Å². The van der Waals surface area contributed by atoms with Crippen LogP contribution in [0.5, 0.6) is 5.75 Å². The minimum absolute atomic E-state index is 0.0427. The highest BCUT2D eigenvalue weighted by molar-refractivity contribution is 7.18. The van der Waals surface area contributed by atoms with Gasteiger partial charge in [-0.05, 0) is 55.7 Å². The van der Waals surface area contributed by atoms with E-state index in [2.05, 4.69) is 17.1 Å². The molecule has 0 saturated heterocycles. The first kappa shape index (κ1) is 20.0. The van der Waals surface area contributed by atoms with Crippen molar-refractivity contribution in [3.8, 4) is 16.3 Å². The first-order valence-corrected chi connectivity index (χ1v) is 10.2. The van der Waals surface area contributed by atoms with Gasteiger partial charge in [0, 0.05) is 17.7 Å². The van der Waals surface area contributed by atoms with Crippen LogP contribution in [-0.2, 0) is 0 Å². The summed E-state index contributed by atoms with van der Waals surface area (Å²) in [5.74, 6) is 0.844. The summed E-state index contributed by atoms with van der Waals surface area (Å²) in [7, 11) is 1.68. The molecule has 1 heterocycles. The molecule has 6 heteroatoms. The van der Waals surface area contributed by atoms with E-state index in [1.807, 2.05) is 56.3 Å². The van der Waals surface area contributed by atoms with Crippen molar-refractivity contribution in [2.45, 2.75) is 33.6 Å². The van der Waals surface area contributed by atoms with E-state index >= 15 is 0 Å². The van der Waals surface area contributed by atoms with Gasteiger partial charge in [-0.25, -0.2) is 0 Å². The fourth-order valence-corrected chi connectivity index (χ4v) is 4.03. The van der Waals surface area contributed by atoms with E-state index in [1.54, 1.807) is 12.0 Å². The molecule has 0 aliphatic heterocycles. The maximum absolute atomic E-state index is 13.0. The van der Waals surface area contributed by atoms with E-state index in [4.69, 9.17) is 4.74 Å². The molecule has 0 saturated carbocycles. The Labute approximate surface area is 170 Å². The molecule has 0 atom stereocenters. The molecular formula is C22H25N3O2S. The van der Waals surface area contributed by atoms with E-state index in [9.17, 15) is 4.79 Å². The lowest BCUT2D eigenvalue weighted by Crippen LogP contribution is -2.31. The van der Waals surface area contributed by atoms with Gasteiger partial charge in [-0.15, -0.1) is 10.2 Å². The molecule has 0 aliphatic rings. The SMILES string of the molecule is CCCCN(C(=O)c1ccccc1)c1nnc(-c2cc(C)c(OC)c(C)c2)s1. The topological polar surface area (TPSA) is 55.3 Å². The summed E-state index contributed by atoms with van der Waals surface area (Å²) in [5, 5.41) is 10.1. The maximum atomic E-state index is 13.0. The van der Waals surface area contributed by atoms with E-state index in [-0.39, 0.29) is 5.91 Å². The van der Waals surface area contributed by atoms with Crippen LogP contribution in [0.3, 0.4) is 0 Å². The monoisotopic (exact) mass is 395 g/mol. The minimum atomic E-state index is -0.0427. The number of benzene rings is 2. The summed E-state index contributed by atoms with van der Waals surface area (Å²) in [5.41, 5.74) is 3.75. The molecule has 5 nitrogen and oxygen atoms in total. The summed E-state index contributed by atoms with van der Waals surface area (Å²) in [6.07, 6.45) is 1.91. The second-order valence-electron chi connectivity index (χ2n) is 6.71. The number of methoxy groups -OCH3 is 1. The smallest absolute Gasteiger partial charge is 0.260 e. The van der Waals surface area contributed by atoms with Crippen molar-refractivity contribution in [2.75, 3.05) is 18.6 Å². The molecule has 0 unspecified atom stereocenters. The number of anilines is 1. The molecular weight excluding hydrogens is 370 g/mol. The zero-order valence-corrected chi connectivity index (χ0v) is 17.5. The van der Waals surface area contributed by atoms with E-state index < -0.39 is 0 Å². The van der Waals surface area contributed by atoms with Crippen molar-refractivity contribution in [3.05, 3.63) is 59.2 Å². The molecule has 0 aliphatic carbocycles. The fraction of sp³-hybridized carbons (Fsp3) is 0.318. The standard InChI is InChI=1S/C22H25N3O2S/c1-5-6-12-25(21(26)17-10-8-7-9-11-17)22-24-23-20(28-22)18-13-15(2)19(27-4)16(3)14-18/h7-11,13-14H,5-6,12H2,1-4H3. The Morgan fingerprint density at radius 3 is 2.39 bits per heavy atom. The first-order valence-electron chi connectivity index (χ1n) is 9.41. The molecule has 3 aromatic rings. The zero-order valence-electron chi connectivity index (χ0n) is 16.7. The lowest BCUT2D eigenvalue weighted by Gasteiger charge is -2.19. The van der Waals surface area contributed by atoms with Crippen LogP contribution in [0, 0.1) is 13.8 Å². The Hall–Kier alpha value is -2.73. The summed E-state index contributed by atoms with van der Waals surface area (Å²) in [4.78, 5) is 14.8. The van der Waals surface area contributed by atoms with Gasteiger partial charge in [0.25, 0.3) is 5.91 Å². The third kappa shape index (κ3) is 4.22. The average Bonchev–Trinajstić information content (AvgIpc) is 3.18. The number of aromatic nitrogens is 2. The number of aryl methyl sites for hydroxylation is 2. The number of hydrogen-bond acceptors (Lipinski definition) is 5. The number of rotatable bonds is 7. The molecule has 2 aromatic carbocycles. The molecule has 146 valence electrons. The number of hydrogen-bond donors (Lipinski definition) is 0. The van der Waals surface area contributed by atoms with Crippen LogP contribution in [-0.4, -0.2) is 29.8 Å². The first-order chi connectivity index (χ1) is 13.5. The number of carbonyl (C=O) groups is 1. The lowest BCUT2D eigenvalue weighted by molar-refractivity contribution is 0.0986. The largest absolute Gasteiger partial charge is 0.496 e. The highest BCUT2D eigenvalue weighted by Gasteiger charge is 2.22. The number of amides is 1. The normalized spacial score (nSPS) is 10.7. The summed E-state index contributed by atoms with van der Waals surface area (Å²) in [6.45, 7) is 6.77. The molecule has 3 rings (SSSR count). The van der Waals surface area contributed by atoms with Crippen molar-refractivity contribution in [1.82, 2.24) is 10.2 Å². The number of nitrogens with zero attached hydrogens (tertiary/aromatic N) is 3. The van der Waals surface area contributed by atoms with Gasteiger partial charge >= 0.3 is 0 Å². The number of unbranched alkanes of at least 4 members (excludes halogenated alkanes) is 1. The van der Waals surface area contributed by atoms with Crippen LogP contribution in [0.25, 0.3) is 10.6 Å². The Morgan fingerprint density at radius 1 is 1.11 bits per heavy atom. The maximum Gasteiger partial charge on any atom is 0.260 e. The van der Waals surface area contributed by atoms with E-state index in [0.717, 1.165) is 40.3 Å². The van der Waals surface area contributed by atoms with Crippen molar-refractivity contribution in [2.24, 2.45) is 0 Å². The Balaban J connectivity index is 1.94. The van der Waals surface area contributed by atoms with Gasteiger partial charge in [0.15, 0.2) is 0 Å². The summed E-state index contributed by atoms with van der Waals surface area (Å²) in [6, 6.07) is 13.4.